The van der Waals surface area contributed by atoms with Crippen LogP contribution in [-0.2, 0) is 5.41 Å². The molecule has 0 N–H and O–H groups in total. The predicted molar refractivity (Wildman–Crippen MR) is 369 cm³/mol. The summed E-state index contributed by atoms with van der Waals surface area (Å²) in [7, 11) is 0. The molecule has 0 saturated carbocycles. The van der Waals surface area contributed by atoms with Crippen molar-refractivity contribution in [3.63, 3.8) is 0 Å². The number of hydrogen-bond donors (Lipinski definition) is 0. The van der Waals surface area contributed by atoms with E-state index >= 15 is 0 Å². The van der Waals surface area contributed by atoms with Gasteiger partial charge in [-0.3, -0.25) is 15.0 Å². The molecule has 0 fully saturated rings. The quantitative estimate of drug-likeness (QED) is 0.115. The van der Waals surface area contributed by atoms with Crippen LogP contribution in [0.25, 0.3) is 145 Å². The molecule has 14 rings (SSSR count). The van der Waals surface area contributed by atoms with Gasteiger partial charge in [-0.2, -0.15) is 0 Å². The van der Waals surface area contributed by atoms with Gasteiger partial charge in [-0.05, 0) is 183 Å². The number of nitrogens with zero attached hydrogens (tertiary/aromatic N) is 3. The maximum Gasteiger partial charge on any atom is 0.0705 e. The SMILES string of the molecule is CC(C)(C)c1cc(-c2ccc(-c3ccccc3-c3cc(-c4ccccc4-c4ccc(-c5ccccn5)cc4-c4ccccc4)cc(-c4ccccc4-c4ccc(-c5ccccn5)cc4-c4ccccc4)c3)c(-c3ccccc3)c2)ncc1-c1ccccc1. The molecule has 14 aromatic rings. The van der Waals surface area contributed by atoms with Gasteiger partial charge in [-0.1, -0.05) is 263 Å². The summed E-state index contributed by atoms with van der Waals surface area (Å²) in [4.78, 5) is 14.8. The third kappa shape index (κ3) is 11.1. The van der Waals surface area contributed by atoms with Crippen LogP contribution in [-0.4, -0.2) is 15.0 Å². The normalized spacial score (nSPS) is 11.4. The van der Waals surface area contributed by atoms with Crippen LogP contribution in [0.4, 0.5) is 0 Å². The molecule has 0 bridgehead atoms. The van der Waals surface area contributed by atoms with Crippen LogP contribution >= 0.6 is 0 Å². The third-order valence-corrected chi connectivity index (χ3v) is 16.8. The van der Waals surface area contributed by atoms with Crippen LogP contribution in [0.2, 0.25) is 0 Å². The van der Waals surface area contributed by atoms with E-state index in [0.717, 1.165) is 139 Å². The van der Waals surface area contributed by atoms with Crippen LogP contribution in [0.5, 0.6) is 0 Å². The predicted octanol–water partition coefficient (Wildman–Crippen LogP) is 22.8. The zero-order chi connectivity index (χ0) is 59.4. The molecule has 3 heteroatoms. The minimum Gasteiger partial charge on any atom is -0.256 e. The number of aromatic nitrogens is 3. The van der Waals surface area contributed by atoms with Gasteiger partial charge in [0.15, 0.2) is 0 Å². The van der Waals surface area contributed by atoms with E-state index < -0.39 is 0 Å². The van der Waals surface area contributed by atoms with E-state index in [1.54, 1.807) is 0 Å². The molecule has 3 heterocycles. The summed E-state index contributed by atoms with van der Waals surface area (Å²) in [6, 6.07) is 112. The van der Waals surface area contributed by atoms with Crippen LogP contribution in [0.15, 0.2) is 328 Å². The van der Waals surface area contributed by atoms with Crippen molar-refractivity contribution in [3.05, 3.63) is 334 Å². The van der Waals surface area contributed by atoms with Crippen LogP contribution in [0.1, 0.15) is 26.3 Å². The molecular weight excluding hydrogens is 1060 g/mol. The zero-order valence-electron chi connectivity index (χ0n) is 49.5. The van der Waals surface area contributed by atoms with Gasteiger partial charge in [-0.25, -0.2) is 0 Å². The average Bonchev–Trinajstić information content (AvgIpc) is 2.45. The van der Waals surface area contributed by atoms with Crippen LogP contribution in [0.3, 0.4) is 0 Å². The molecule has 88 heavy (non-hydrogen) atoms. The first-order valence-electron chi connectivity index (χ1n) is 30.2. The Labute approximate surface area is 516 Å². The van der Waals surface area contributed by atoms with Crippen molar-refractivity contribution in [3.8, 4) is 145 Å². The lowest BCUT2D eigenvalue weighted by Crippen LogP contribution is -2.13. The molecule has 11 aromatic carbocycles. The molecule has 0 aliphatic rings. The first kappa shape index (κ1) is 54.8. The minimum absolute atomic E-state index is 0.123. The van der Waals surface area contributed by atoms with E-state index in [-0.39, 0.29) is 5.41 Å². The third-order valence-electron chi connectivity index (χ3n) is 16.8. The zero-order valence-corrected chi connectivity index (χ0v) is 49.5. The second kappa shape index (κ2) is 24.1. The molecule has 418 valence electrons. The number of hydrogen-bond acceptors (Lipinski definition) is 3. The van der Waals surface area contributed by atoms with E-state index in [0.29, 0.717) is 0 Å². The number of rotatable bonds is 13. The fourth-order valence-electron chi connectivity index (χ4n) is 12.5. The standard InChI is InChI=1S/C85H63N3/c1-85(2,3)81-56-84(88-57-80(81)61-32-14-7-15-33-61)64-44-47-76(79(55-64)60-30-12-6-13-31-60)73-39-21-18-36-70(73)67-51-65(68-34-16-19-37-71(68)74-45-42-62(82-40-22-24-48-86-82)53-77(74)58-26-8-4-9-27-58)50-66(52-67)69-35-17-20-38-72(69)75-46-43-63(83-41-23-25-49-87-83)54-78(75)59-28-10-5-11-29-59/h4-57H,1-3H3. The first-order valence-corrected chi connectivity index (χ1v) is 30.2. The van der Waals surface area contributed by atoms with Gasteiger partial charge >= 0.3 is 0 Å². The van der Waals surface area contributed by atoms with Crippen LogP contribution < -0.4 is 0 Å². The van der Waals surface area contributed by atoms with E-state index in [2.05, 4.69) is 324 Å². The van der Waals surface area contributed by atoms with Crippen molar-refractivity contribution in [2.24, 2.45) is 0 Å². The van der Waals surface area contributed by atoms with Crippen molar-refractivity contribution in [1.29, 1.82) is 0 Å². The Hall–Kier alpha value is -11.1. The topological polar surface area (TPSA) is 38.7 Å². The summed E-state index contributed by atoms with van der Waals surface area (Å²) in [5, 5.41) is 0. The highest BCUT2D eigenvalue weighted by Crippen LogP contribution is 2.48. The van der Waals surface area contributed by atoms with Gasteiger partial charge in [0.05, 0.1) is 17.1 Å². The summed E-state index contributed by atoms with van der Waals surface area (Å²) in [5.74, 6) is 0. The van der Waals surface area contributed by atoms with Gasteiger partial charge in [0.2, 0.25) is 0 Å². The lowest BCUT2D eigenvalue weighted by atomic mass is 9.81. The Balaban J connectivity index is 0.984. The van der Waals surface area contributed by atoms with Crippen molar-refractivity contribution in [2.45, 2.75) is 26.2 Å². The first-order chi connectivity index (χ1) is 43.3. The smallest absolute Gasteiger partial charge is 0.0705 e. The van der Waals surface area contributed by atoms with E-state index in [9.17, 15) is 0 Å². The highest BCUT2D eigenvalue weighted by Gasteiger charge is 2.24. The highest BCUT2D eigenvalue weighted by atomic mass is 14.7. The van der Waals surface area contributed by atoms with Gasteiger partial charge in [0.25, 0.3) is 0 Å². The van der Waals surface area contributed by atoms with Gasteiger partial charge in [-0.15, -0.1) is 0 Å². The van der Waals surface area contributed by atoms with E-state index in [1.807, 2.05) is 24.5 Å². The Morgan fingerprint density at radius 1 is 0.193 bits per heavy atom. The second-order valence-electron chi connectivity index (χ2n) is 23.5. The van der Waals surface area contributed by atoms with Crippen molar-refractivity contribution >= 4 is 0 Å². The summed E-state index contributed by atoms with van der Waals surface area (Å²) < 4.78 is 0. The number of benzene rings is 11. The average molecular weight is 1130 g/mol. The van der Waals surface area contributed by atoms with Crippen molar-refractivity contribution in [1.82, 2.24) is 15.0 Å². The second-order valence-corrected chi connectivity index (χ2v) is 23.5. The fraction of sp³-hybridized carbons (Fsp3) is 0.0471. The lowest BCUT2D eigenvalue weighted by Gasteiger charge is -2.24. The molecule has 3 nitrogen and oxygen atoms in total. The number of pyridine rings is 3. The summed E-state index contributed by atoms with van der Waals surface area (Å²) in [6.07, 6.45) is 5.80. The van der Waals surface area contributed by atoms with Gasteiger partial charge < -0.3 is 0 Å². The Morgan fingerprint density at radius 3 is 0.818 bits per heavy atom. The summed E-state index contributed by atoms with van der Waals surface area (Å²) >= 11 is 0. The fourth-order valence-corrected chi connectivity index (χ4v) is 12.5. The Morgan fingerprint density at radius 2 is 0.489 bits per heavy atom. The molecule has 0 radical (unpaired) electrons. The van der Waals surface area contributed by atoms with E-state index in [1.165, 1.54) is 11.1 Å². The molecule has 0 spiro atoms. The largest absolute Gasteiger partial charge is 0.256 e. The monoisotopic (exact) mass is 1130 g/mol. The molecular formula is C85H63N3. The van der Waals surface area contributed by atoms with Crippen molar-refractivity contribution in [2.75, 3.05) is 0 Å². The molecule has 0 aliphatic heterocycles. The van der Waals surface area contributed by atoms with Gasteiger partial charge in [0.1, 0.15) is 0 Å². The molecule has 3 aromatic heterocycles. The Bertz CT molecular complexity index is 4590. The molecule has 0 saturated heterocycles. The van der Waals surface area contributed by atoms with Crippen molar-refractivity contribution < 1.29 is 0 Å². The minimum atomic E-state index is -0.123. The molecule has 0 aliphatic carbocycles. The summed E-state index contributed by atoms with van der Waals surface area (Å²) in [5.41, 5.74) is 29.8. The highest BCUT2D eigenvalue weighted by molar-refractivity contribution is 6.00. The summed E-state index contributed by atoms with van der Waals surface area (Å²) in [6.45, 7) is 6.87. The maximum absolute atomic E-state index is 5.21. The van der Waals surface area contributed by atoms with Gasteiger partial charge in [0, 0.05) is 40.8 Å². The molecule has 0 unspecified atom stereocenters. The maximum atomic E-state index is 5.21. The Kier molecular flexibility index (Phi) is 15.0. The van der Waals surface area contributed by atoms with Crippen LogP contribution in [0, 0.1) is 0 Å². The lowest BCUT2D eigenvalue weighted by molar-refractivity contribution is 0.591. The molecule has 0 atom stereocenters. The van der Waals surface area contributed by atoms with E-state index in [4.69, 9.17) is 15.0 Å². The molecule has 0 amide bonds.